The van der Waals surface area contributed by atoms with Gasteiger partial charge >= 0.3 is 6.18 Å². The quantitative estimate of drug-likeness (QED) is 0.452. The first-order valence-electron chi connectivity index (χ1n) is 7.78. The molecule has 0 atom stereocenters. The lowest BCUT2D eigenvalue weighted by molar-refractivity contribution is -0.384. The SMILES string of the molecule is C=C(c1c(-c2ccc([N+](=O)[O-])cc2)c2ccccc2n1C(C)=O)C(F)(F)F. The molecule has 0 bridgehead atoms. The Morgan fingerprint density at radius 2 is 1.70 bits per heavy atom. The predicted molar refractivity (Wildman–Crippen MR) is 95.4 cm³/mol. The fourth-order valence-corrected chi connectivity index (χ4v) is 3.03. The van der Waals surface area contributed by atoms with Gasteiger partial charge < -0.3 is 0 Å². The van der Waals surface area contributed by atoms with E-state index in [-0.39, 0.29) is 16.9 Å². The lowest BCUT2D eigenvalue weighted by Crippen LogP contribution is -2.17. The van der Waals surface area contributed by atoms with Crippen molar-refractivity contribution >= 4 is 28.1 Å². The van der Waals surface area contributed by atoms with E-state index < -0.39 is 22.6 Å². The van der Waals surface area contributed by atoms with E-state index in [0.717, 1.165) is 4.57 Å². The molecule has 5 nitrogen and oxygen atoms in total. The van der Waals surface area contributed by atoms with Crippen molar-refractivity contribution in [3.05, 3.63) is 70.9 Å². The topological polar surface area (TPSA) is 65.1 Å². The van der Waals surface area contributed by atoms with Crippen LogP contribution in [0, 0.1) is 10.1 Å². The first-order valence-corrected chi connectivity index (χ1v) is 7.78. The van der Waals surface area contributed by atoms with E-state index >= 15 is 0 Å². The fourth-order valence-electron chi connectivity index (χ4n) is 3.03. The van der Waals surface area contributed by atoms with E-state index in [1.54, 1.807) is 24.3 Å². The number of para-hydroxylation sites is 1. The molecule has 0 aliphatic heterocycles. The molecule has 2 aromatic carbocycles. The fraction of sp³-hybridized carbons (Fsp3) is 0.105. The van der Waals surface area contributed by atoms with Crippen LogP contribution in [0.2, 0.25) is 0 Å². The van der Waals surface area contributed by atoms with Gasteiger partial charge in [-0.05, 0) is 23.8 Å². The summed E-state index contributed by atoms with van der Waals surface area (Å²) in [5, 5.41) is 11.3. The minimum Gasteiger partial charge on any atom is -0.279 e. The predicted octanol–water partition coefficient (Wildman–Crippen LogP) is 5.45. The minimum atomic E-state index is -4.75. The van der Waals surface area contributed by atoms with E-state index in [4.69, 9.17) is 0 Å². The van der Waals surface area contributed by atoms with Crippen LogP contribution in [0.4, 0.5) is 18.9 Å². The third-order valence-electron chi connectivity index (χ3n) is 4.18. The standard InChI is InChI=1S/C19H13F3N2O3/c1-11(19(20,21)22)18-17(13-7-9-14(10-8-13)24(26)27)15-5-3-4-6-16(15)23(18)12(2)25/h3-10H,1H2,2H3. The van der Waals surface area contributed by atoms with E-state index in [1.165, 1.54) is 31.2 Å². The number of non-ortho nitro benzene ring substituents is 1. The number of rotatable bonds is 3. The summed E-state index contributed by atoms with van der Waals surface area (Å²) in [6.07, 6.45) is -4.75. The number of hydrogen-bond donors (Lipinski definition) is 0. The van der Waals surface area contributed by atoms with Crippen LogP contribution in [0.5, 0.6) is 0 Å². The molecule has 0 aliphatic carbocycles. The number of nitro groups is 1. The van der Waals surface area contributed by atoms with Gasteiger partial charge in [0, 0.05) is 30.0 Å². The van der Waals surface area contributed by atoms with Crippen molar-refractivity contribution in [2.45, 2.75) is 13.1 Å². The Labute approximate surface area is 151 Å². The zero-order chi connectivity index (χ0) is 19.9. The Morgan fingerprint density at radius 3 is 2.22 bits per heavy atom. The van der Waals surface area contributed by atoms with Gasteiger partial charge in [0.2, 0.25) is 5.91 Å². The number of halogens is 3. The van der Waals surface area contributed by atoms with Gasteiger partial charge in [0.25, 0.3) is 5.69 Å². The van der Waals surface area contributed by atoms with Gasteiger partial charge in [-0.15, -0.1) is 0 Å². The zero-order valence-electron chi connectivity index (χ0n) is 14.1. The lowest BCUT2D eigenvalue weighted by Gasteiger charge is -2.15. The van der Waals surface area contributed by atoms with E-state index in [0.29, 0.717) is 16.5 Å². The molecule has 3 rings (SSSR count). The molecule has 0 N–H and O–H groups in total. The molecule has 0 saturated carbocycles. The largest absolute Gasteiger partial charge is 0.417 e. The highest BCUT2D eigenvalue weighted by Gasteiger charge is 2.38. The van der Waals surface area contributed by atoms with Crippen LogP contribution in [0.15, 0.2) is 55.1 Å². The van der Waals surface area contributed by atoms with Crippen LogP contribution < -0.4 is 0 Å². The molecular formula is C19H13F3N2O3. The highest BCUT2D eigenvalue weighted by molar-refractivity contribution is 6.07. The van der Waals surface area contributed by atoms with Crippen molar-refractivity contribution in [3.63, 3.8) is 0 Å². The second-order valence-electron chi connectivity index (χ2n) is 5.88. The number of alkyl halides is 3. The highest BCUT2D eigenvalue weighted by Crippen LogP contribution is 2.43. The van der Waals surface area contributed by atoms with E-state index in [1.807, 2.05) is 0 Å². The molecule has 0 fully saturated rings. The average molecular weight is 374 g/mol. The molecule has 138 valence electrons. The second-order valence-corrected chi connectivity index (χ2v) is 5.88. The Morgan fingerprint density at radius 1 is 1.11 bits per heavy atom. The molecule has 0 amide bonds. The summed E-state index contributed by atoms with van der Waals surface area (Å²) in [5.41, 5.74) is -0.952. The summed E-state index contributed by atoms with van der Waals surface area (Å²) in [5.74, 6) is -0.597. The molecule has 8 heteroatoms. The number of aromatic nitrogens is 1. The first-order chi connectivity index (χ1) is 12.6. The molecule has 1 aromatic heterocycles. The highest BCUT2D eigenvalue weighted by atomic mass is 19.4. The summed E-state index contributed by atoms with van der Waals surface area (Å²) < 4.78 is 41.4. The monoisotopic (exact) mass is 374 g/mol. The summed E-state index contributed by atoms with van der Waals surface area (Å²) in [6.45, 7) is 4.33. The van der Waals surface area contributed by atoms with Crippen molar-refractivity contribution in [1.82, 2.24) is 4.57 Å². The maximum Gasteiger partial charge on any atom is 0.417 e. The lowest BCUT2D eigenvalue weighted by atomic mass is 9.98. The molecule has 1 heterocycles. The summed E-state index contributed by atoms with van der Waals surface area (Å²) in [6, 6.07) is 11.5. The van der Waals surface area contributed by atoms with Gasteiger partial charge in [-0.2, -0.15) is 13.2 Å². The van der Waals surface area contributed by atoms with Crippen LogP contribution >= 0.6 is 0 Å². The number of carbonyl (C=O) groups excluding carboxylic acids is 1. The number of fused-ring (bicyclic) bond motifs is 1. The Kier molecular flexibility index (Phi) is 4.35. The summed E-state index contributed by atoms with van der Waals surface area (Å²) in [4.78, 5) is 22.4. The van der Waals surface area contributed by atoms with Crippen molar-refractivity contribution < 1.29 is 22.9 Å². The van der Waals surface area contributed by atoms with Gasteiger partial charge in [0.15, 0.2) is 0 Å². The second kappa shape index (κ2) is 6.39. The van der Waals surface area contributed by atoms with Gasteiger partial charge in [0.05, 0.1) is 21.7 Å². The normalized spacial score (nSPS) is 11.6. The Balaban J connectivity index is 2.41. The number of hydrogen-bond acceptors (Lipinski definition) is 3. The van der Waals surface area contributed by atoms with Crippen LogP contribution in [0.3, 0.4) is 0 Å². The minimum absolute atomic E-state index is 0.151. The third-order valence-corrected chi connectivity index (χ3v) is 4.18. The molecular weight excluding hydrogens is 361 g/mol. The van der Waals surface area contributed by atoms with Crippen molar-refractivity contribution in [1.29, 1.82) is 0 Å². The number of allylic oxidation sites excluding steroid dienone is 1. The molecule has 0 spiro atoms. The zero-order valence-corrected chi connectivity index (χ0v) is 14.1. The van der Waals surface area contributed by atoms with Gasteiger partial charge in [0.1, 0.15) is 0 Å². The third kappa shape index (κ3) is 3.10. The summed E-state index contributed by atoms with van der Waals surface area (Å²) in [7, 11) is 0. The van der Waals surface area contributed by atoms with Gasteiger partial charge in [-0.3, -0.25) is 19.5 Å². The van der Waals surface area contributed by atoms with Crippen LogP contribution in [-0.2, 0) is 0 Å². The molecule has 3 aromatic rings. The van der Waals surface area contributed by atoms with Crippen LogP contribution in [-0.4, -0.2) is 21.6 Å². The Hall–Kier alpha value is -3.42. The molecule has 0 radical (unpaired) electrons. The smallest absolute Gasteiger partial charge is 0.279 e. The van der Waals surface area contributed by atoms with Crippen molar-refractivity contribution in [3.8, 4) is 11.1 Å². The van der Waals surface area contributed by atoms with Gasteiger partial charge in [-0.25, -0.2) is 0 Å². The number of nitrogens with zero attached hydrogens (tertiary/aromatic N) is 2. The molecule has 0 saturated heterocycles. The number of carbonyl (C=O) groups is 1. The maximum absolute atomic E-state index is 13.5. The summed E-state index contributed by atoms with van der Waals surface area (Å²) >= 11 is 0. The van der Waals surface area contributed by atoms with Crippen molar-refractivity contribution in [2.75, 3.05) is 0 Å². The van der Waals surface area contributed by atoms with Crippen LogP contribution in [0.25, 0.3) is 27.6 Å². The molecule has 0 unspecified atom stereocenters. The number of nitro benzene ring substituents is 1. The Bertz CT molecular complexity index is 1080. The molecule has 0 aliphatic rings. The average Bonchev–Trinajstić information content (AvgIpc) is 2.95. The maximum atomic E-state index is 13.5. The number of benzene rings is 2. The van der Waals surface area contributed by atoms with Crippen molar-refractivity contribution in [2.24, 2.45) is 0 Å². The van der Waals surface area contributed by atoms with Gasteiger partial charge in [-0.1, -0.05) is 24.8 Å². The van der Waals surface area contributed by atoms with Crippen LogP contribution in [0.1, 0.15) is 17.4 Å². The first kappa shape index (κ1) is 18.4. The van der Waals surface area contributed by atoms with E-state index in [2.05, 4.69) is 6.58 Å². The molecule has 27 heavy (non-hydrogen) atoms. The van der Waals surface area contributed by atoms with E-state index in [9.17, 15) is 28.1 Å².